The number of carbonyl (C=O) groups excluding carboxylic acids is 1. The Balaban J connectivity index is 2.70. The zero-order valence-corrected chi connectivity index (χ0v) is 10.9. The maximum Gasteiger partial charge on any atom is 0.267 e. The normalized spacial score (nSPS) is 10.8. The molecule has 0 saturated carbocycles. The van der Waals surface area contributed by atoms with E-state index in [-0.39, 0.29) is 22.6 Å². The summed E-state index contributed by atoms with van der Waals surface area (Å²) in [5.74, 6) is -0.0714. The number of H-pyrrole nitrogens is 1. The van der Waals surface area contributed by atoms with Gasteiger partial charge in [-0.3, -0.25) is 14.0 Å². The summed E-state index contributed by atoms with van der Waals surface area (Å²) in [6, 6.07) is 9.16. The van der Waals surface area contributed by atoms with Crippen LogP contribution in [0, 0.1) is 11.3 Å². The van der Waals surface area contributed by atoms with Crippen molar-refractivity contribution in [2.75, 3.05) is 0 Å². The minimum absolute atomic E-state index is 0.0706. The Morgan fingerprint density at radius 3 is 2.80 bits per heavy atom. The van der Waals surface area contributed by atoms with Gasteiger partial charge in [0.2, 0.25) is 0 Å². The van der Waals surface area contributed by atoms with Crippen LogP contribution in [0.5, 0.6) is 0 Å². The van der Waals surface area contributed by atoms with Crippen LogP contribution in [-0.2, 0) is 5.88 Å². The highest BCUT2D eigenvalue weighted by Crippen LogP contribution is 2.22. The average molecular weight is 286 g/mol. The van der Waals surface area contributed by atoms with E-state index in [1.54, 1.807) is 18.2 Å². The Kier molecular flexibility index (Phi) is 2.81. The predicted octanol–water partition coefficient (Wildman–Crippen LogP) is 2.20. The van der Waals surface area contributed by atoms with E-state index in [0.717, 1.165) is 0 Å². The molecular weight excluding hydrogens is 278 g/mol. The van der Waals surface area contributed by atoms with Crippen LogP contribution >= 0.6 is 11.6 Å². The molecule has 1 aromatic carbocycles. The lowest BCUT2D eigenvalue weighted by Crippen LogP contribution is -2.21. The monoisotopic (exact) mass is 285 g/mol. The second-order valence-corrected chi connectivity index (χ2v) is 4.53. The van der Waals surface area contributed by atoms with Crippen LogP contribution in [-0.4, -0.2) is 15.7 Å². The van der Waals surface area contributed by atoms with Crippen molar-refractivity contribution >= 4 is 34.6 Å². The quantitative estimate of drug-likeness (QED) is 0.579. The molecule has 0 fully saturated rings. The van der Waals surface area contributed by atoms with Crippen LogP contribution in [0.15, 0.2) is 29.1 Å². The number of nitrogens with zero attached hydrogens (tertiary/aromatic N) is 2. The molecule has 2 aromatic heterocycles. The summed E-state index contributed by atoms with van der Waals surface area (Å²) in [7, 11) is 0. The van der Waals surface area contributed by atoms with E-state index in [1.165, 1.54) is 4.40 Å². The van der Waals surface area contributed by atoms with Crippen molar-refractivity contribution in [2.45, 2.75) is 5.88 Å². The third-order valence-electron chi connectivity index (χ3n) is 3.28. The van der Waals surface area contributed by atoms with E-state index < -0.39 is 5.56 Å². The van der Waals surface area contributed by atoms with E-state index in [9.17, 15) is 14.9 Å². The highest BCUT2D eigenvalue weighted by Gasteiger charge is 2.19. The van der Waals surface area contributed by atoms with Crippen LogP contribution in [0.4, 0.5) is 0 Å². The predicted molar refractivity (Wildman–Crippen MR) is 75.2 cm³/mol. The van der Waals surface area contributed by atoms with Crippen molar-refractivity contribution in [3.63, 3.8) is 0 Å². The van der Waals surface area contributed by atoms with Gasteiger partial charge < -0.3 is 4.98 Å². The first-order valence-corrected chi connectivity index (χ1v) is 6.36. The lowest BCUT2D eigenvalue weighted by Gasteiger charge is -2.05. The van der Waals surface area contributed by atoms with Crippen molar-refractivity contribution in [1.29, 1.82) is 5.26 Å². The van der Waals surface area contributed by atoms with Crippen LogP contribution in [0.25, 0.3) is 16.7 Å². The second-order valence-electron chi connectivity index (χ2n) is 4.26. The highest BCUT2D eigenvalue weighted by molar-refractivity contribution is 6.17. The Morgan fingerprint density at radius 1 is 1.40 bits per heavy atom. The Bertz CT molecular complexity index is 947. The van der Waals surface area contributed by atoms with Gasteiger partial charge in [0, 0.05) is 11.4 Å². The Labute approximate surface area is 118 Å². The number of rotatable bonds is 2. The van der Waals surface area contributed by atoms with Gasteiger partial charge in [0.25, 0.3) is 5.56 Å². The van der Waals surface area contributed by atoms with Crippen LogP contribution in [0.1, 0.15) is 21.5 Å². The average Bonchev–Trinajstić information content (AvgIpc) is 2.86. The maximum absolute atomic E-state index is 12.4. The third kappa shape index (κ3) is 1.49. The number of pyridine rings is 1. The molecule has 3 rings (SSSR count). The molecule has 0 radical (unpaired) electrons. The lowest BCUT2D eigenvalue weighted by molar-refractivity contribution is 0.112. The molecular formula is C14H8ClN3O2. The number of nitriles is 1. The number of fused-ring (bicyclic) bond motifs is 3. The van der Waals surface area contributed by atoms with Gasteiger partial charge in [-0.15, -0.1) is 11.6 Å². The van der Waals surface area contributed by atoms with Crippen LogP contribution in [0.2, 0.25) is 0 Å². The minimum Gasteiger partial charge on any atom is -0.338 e. The molecule has 0 saturated heterocycles. The summed E-state index contributed by atoms with van der Waals surface area (Å²) in [4.78, 5) is 26.6. The molecule has 3 aromatic rings. The summed E-state index contributed by atoms with van der Waals surface area (Å²) in [5, 5.41) is 9.32. The molecule has 2 heterocycles. The number of nitrogens with one attached hydrogen (secondary N) is 1. The number of hydrogen-bond acceptors (Lipinski definition) is 3. The van der Waals surface area contributed by atoms with E-state index in [1.807, 2.05) is 12.1 Å². The molecule has 0 amide bonds. The number of alkyl halides is 1. The Morgan fingerprint density at radius 2 is 2.15 bits per heavy atom. The Hall–Kier alpha value is -2.58. The van der Waals surface area contributed by atoms with Gasteiger partial charge >= 0.3 is 0 Å². The first-order chi connectivity index (χ1) is 9.72. The van der Waals surface area contributed by atoms with Gasteiger partial charge in [-0.2, -0.15) is 5.26 Å². The summed E-state index contributed by atoms with van der Waals surface area (Å²) in [5.41, 5.74) is 1.64. The number of aromatic amines is 1. The SMILES string of the molecule is N#Cc1c(CCl)c(C=O)c(=O)n2c1[nH]c1ccccc12. The van der Waals surface area contributed by atoms with Crippen molar-refractivity contribution < 1.29 is 4.79 Å². The molecule has 98 valence electrons. The topological polar surface area (TPSA) is 78.1 Å². The van der Waals surface area contributed by atoms with E-state index in [4.69, 9.17) is 11.6 Å². The van der Waals surface area contributed by atoms with E-state index in [2.05, 4.69) is 4.98 Å². The molecule has 20 heavy (non-hydrogen) atoms. The van der Waals surface area contributed by atoms with Crippen molar-refractivity contribution in [3.8, 4) is 6.07 Å². The molecule has 1 N–H and O–H groups in total. The molecule has 0 aliphatic heterocycles. The largest absolute Gasteiger partial charge is 0.338 e. The first kappa shape index (κ1) is 12.5. The van der Waals surface area contributed by atoms with Crippen LogP contribution in [0.3, 0.4) is 0 Å². The number of carbonyl (C=O) groups is 1. The van der Waals surface area contributed by atoms with Gasteiger partial charge in [-0.25, -0.2) is 0 Å². The lowest BCUT2D eigenvalue weighted by atomic mass is 10.1. The zero-order chi connectivity index (χ0) is 14.3. The van der Waals surface area contributed by atoms with Crippen molar-refractivity contribution in [2.24, 2.45) is 0 Å². The van der Waals surface area contributed by atoms with Gasteiger partial charge in [0.05, 0.1) is 22.2 Å². The van der Waals surface area contributed by atoms with Gasteiger partial charge in [0.15, 0.2) is 6.29 Å². The number of imidazole rings is 1. The number of halogens is 1. The molecule has 0 bridgehead atoms. The number of hydrogen-bond donors (Lipinski definition) is 1. The minimum atomic E-state index is -0.470. The standard InChI is InChI=1S/C14H8ClN3O2/c15-5-8-9(6-16)13-17-11-3-1-2-4-12(11)18(13)14(20)10(8)7-19/h1-4,7,17H,5H2. The fraction of sp³-hybridized carbons (Fsp3) is 0.0714. The molecule has 6 heteroatoms. The fourth-order valence-electron chi connectivity index (χ4n) is 2.37. The molecule has 0 atom stereocenters. The summed E-state index contributed by atoms with van der Waals surface area (Å²) in [6.45, 7) is 0. The maximum atomic E-state index is 12.4. The number of para-hydroxylation sites is 2. The molecule has 0 unspecified atom stereocenters. The van der Waals surface area contributed by atoms with Gasteiger partial charge in [-0.1, -0.05) is 12.1 Å². The smallest absolute Gasteiger partial charge is 0.267 e. The number of aromatic nitrogens is 2. The number of aldehydes is 1. The number of benzene rings is 1. The van der Waals surface area contributed by atoms with E-state index in [0.29, 0.717) is 23.0 Å². The zero-order valence-electron chi connectivity index (χ0n) is 10.2. The van der Waals surface area contributed by atoms with Gasteiger partial charge in [-0.05, 0) is 12.1 Å². The molecule has 0 aliphatic carbocycles. The third-order valence-corrected chi connectivity index (χ3v) is 3.55. The van der Waals surface area contributed by atoms with Crippen LogP contribution < -0.4 is 5.56 Å². The summed E-state index contributed by atoms with van der Waals surface area (Å²) >= 11 is 5.79. The highest BCUT2D eigenvalue weighted by atomic mass is 35.5. The first-order valence-electron chi connectivity index (χ1n) is 5.82. The second kappa shape index (κ2) is 4.51. The summed E-state index contributed by atoms with van der Waals surface area (Å²) < 4.78 is 1.34. The summed E-state index contributed by atoms with van der Waals surface area (Å²) in [6.07, 6.45) is 0.453. The van der Waals surface area contributed by atoms with E-state index >= 15 is 0 Å². The van der Waals surface area contributed by atoms with Crippen molar-refractivity contribution in [1.82, 2.24) is 9.38 Å². The van der Waals surface area contributed by atoms with Crippen molar-refractivity contribution in [3.05, 3.63) is 51.3 Å². The fourth-order valence-corrected chi connectivity index (χ4v) is 2.65. The molecule has 5 nitrogen and oxygen atoms in total. The molecule has 0 aliphatic rings. The molecule has 0 spiro atoms. The van der Waals surface area contributed by atoms with Gasteiger partial charge in [0.1, 0.15) is 11.7 Å².